The van der Waals surface area contributed by atoms with Gasteiger partial charge in [0.25, 0.3) is 11.1 Å². The van der Waals surface area contributed by atoms with Gasteiger partial charge in [0, 0.05) is 18.7 Å². The average Bonchev–Trinajstić information content (AvgIpc) is 2.33. The van der Waals surface area contributed by atoms with Crippen molar-refractivity contribution in [3.05, 3.63) is 45.0 Å². The van der Waals surface area contributed by atoms with Gasteiger partial charge in [-0.3, -0.25) is 19.5 Å². The third kappa shape index (κ3) is 5.82. The molecule has 0 radical (unpaired) electrons. The molecule has 1 rings (SSSR count). The topological polar surface area (TPSA) is 93.2 Å². The summed E-state index contributed by atoms with van der Waals surface area (Å²) in [6, 6.07) is 2.23. The van der Waals surface area contributed by atoms with Crippen LogP contribution in [0.15, 0.2) is 33.9 Å². The molecule has 0 atom stereocenters. The number of rotatable bonds is 7. The van der Waals surface area contributed by atoms with Gasteiger partial charge in [0.15, 0.2) is 0 Å². The number of H-pyrrole nitrogens is 1. The lowest BCUT2D eigenvalue weighted by Crippen LogP contribution is -2.37. The van der Waals surface area contributed by atoms with Crippen LogP contribution in [-0.2, 0) is 16.1 Å². The van der Waals surface area contributed by atoms with E-state index in [9.17, 15) is 14.4 Å². The van der Waals surface area contributed by atoms with Gasteiger partial charge in [-0.05, 0) is 6.92 Å². The maximum atomic E-state index is 11.5. The highest BCUT2D eigenvalue weighted by molar-refractivity contribution is 5.75. The van der Waals surface area contributed by atoms with Crippen LogP contribution in [0.25, 0.3) is 0 Å². The molecule has 0 aliphatic carbocycles. The van der Waals surface area contributed by atoms with Crippen LogP contribution in [0.1, 0.15) is 6.92 Å². The third-order valence-corrected chi connectivity index (χ3v) is 2.11. The fourth-order valence-electron chi connectivity index (χ4n) is 1.29. The Labute approximate surface area is 109 Å². The van der Waals surface area contributed by atoms with Crippen LogP contribution in [0.4, 0.5) is 0 Å². The van der Waals surface area contributed by atoms with Gasteiger partial charge in [-0.2, -0.15) is 0 Å². The predicted molar refractivity (Wildman–Crippen MR) is 70.0 cm³/mol. The number of aromatic amines is 1. The van der Waals surface area contributed by atoms with Crippen molar-refractivity contribution in [2.45, 2.75) is 13.5 Å². The van der Waals surface area contributed by atoms with Gasteiger partial charge >= 0.3 is 0 Å². The Hall–Kier alpha value is -2.15. The van der Waals surface area contributed by atoms with Crippen molar-refractivity contribution in [1.82, 2.24) is 15.1 Å². The van der Waals surface area contributed by atoms with E-state index in [4.69, 9.17) is 4.74 Å². The summed E-state index contributed by atoms with van der Waals surface area (Å²) in [5.74, 6) is -0.372. The van der Waals surface area contributed by atoms with Gasteiger partial charge in [0.1, 0.15) is 6.54 Å². The summed E-state index contributed by atoms with van der Waals surface area (Å²) in [5, 5.41) is 4.84. The van der Waals surface area contributed by atoms with E-state index >= 15 is 0 Å². The molecule has 0 spiro atoms. The maximum Gasteiger partial charge on any atom is 0.265 e. The number of amides is 1. The molecule has 0 aromatic carbocycles. The van der Waals surface area contributed by atoms with Gasteiger partial charge in [0.2, 0.25) is 5.91 Å². The first-order valence-corrected chi connectivity index (χ1v) is 5.78. The number of nitrogens with zero attached hydrogens (tertiary/aromatic N) is 1. The van der Waals surface area contributed by atoms with Gasteiger partial charge in [-0.15, -0.1) is 0 Å². The van der Waals surface area contributed by atoms with E-state index < -0.39 is 11.1 Å². The lowest BCUT2D eigenvalue weighted by molar-refractivity contribution is -0.122. The van der Waals surface area contributed by atoms with Crippen LogP contribution in [0.2, 0.25) is 0 Å². The molecule has 1 heterocycles. The van der Waals surface area contributed by atoms with Gasteiger partial charge in [-0.1, -0.05) is 12.2 Å². The molecule has 1 amide bonds. The molecule has 0 aliphatic rings. The largest absolute Gasteiger partial charge is 0.375 e. The number of hydrogen-bond donors (Lipinski definition) is 2. The molecule has 7 nitrogen and oxygen atoms in total. The molecule has 0 saturated heterocycles. The predicted octanol–water partition coefficient (Wildman–Crippen LogP) is -0.754. The van der Waals surface area contributed by atoms with Crippen molar-refractivity contribution in [2.24, 2.45) is 0 Å². The number of carbonyl (C=O) groups is 1. The Bertz CT molecular complexity index is 559. The van der Waals surface area contributed by atoms with E-state index in [-0.39, 0.29) is 12.5 Å². The zero-order chi connectivity index (χ0) is 14.3. The van der Waals surface area contributed by atoms with Crippen molar-refractivity contribution in [2.75, 3.05) is 19.8 Å². The molecule has 0 fully saturated rings. The fraction of sp³-hybridized carbons (Fsp3) is 0.417. The zero-order valence-electron chi connectivity index (χ0n) is 10.8. The van der Waals surface area contributed by atoms with Gasteiger partial charge in [-0.25, -0.2) is 4.68 Å². The van der Waals surface area contributed by atoms with E-state index in [1.807, 2.05) is 6.92 Å². The zero-order valence-corrected chi connectivity index (χ0v) is 10.8. The molecule has 104 valence electrons. The summed E-state index contributed by atoms with van der Waals surface area (Å²) >= 11 is 0. The Balaban J connectivity index is 2.35. The number of carbonyl (C=O) groups excluding carboxylic acids is 1. The Morgan fingerprint density at radius 3 is 2.89 bits per heavy atom. The molecule has 0 bridgehead atoms. The number of nitrogens with one attached hydrogen (secondary N) is 2. The van der Waals surface area contributed by atoms with Crippen molar-refractivity contribution in [3.63, 3.8) is 0 Å². The van der Waals surface area contributed by atoms with Crippen molar-refractivity contribution < 1.29 is 9.53 Å². The van der Waals surface area contributed by atoms with Crippen LogP contribution >= 0.6 is 0 Å². The number of hydrogen-bond acceptors (Lipinski definition) is 4. The van der Waals surface area contributed by atoms with Gasteiger partial charge in [0.05, 0.1) is 13.2 Å². The second-order valence-electron chi connectivity index (χ2n) is 4.09. The monoisotopic (exact) mass is 267 g/mol. The van der Waals surface area contributed by atoms with Crippen molar-refractivity contribution in [1.29, 1.82) is 0 Å². The van der Waals surface area contributed by atoms with Crippen LogP contribution in [-0.4, -0.2) is 35.4 Å². The highest BCUT2D eigenvalue weighted by atomic mass is 16.5. The fourth-order valence-corrected chi connectivity index (χ4v) is 1.29. The Kier molecular flexibility index (Phi) is 5.74. The maximum absolute atomic E-state index is 11.5. The van der Waals surface area contributed by atoms with E-state index in [1.165, 1.54) is 0 Å². The van der Waals surface area contributed by atoms with E-state index in [0.29, 0.717) is 19.8 Å². The van der Waals surface area contributed by atoms with Crippen LogP contribution in [0.5, 0.6) is 0 Å². The summed E-state index contributed by atoms with van der Waals surface area (Å²) < 4.78 is 6.15. The van der Waals surface area contributed by atoms with Crippen LogP contribution < -0.4 is 16.4 Å². The first-order valence-electron chi connectivity index (χ1n) is 5.78. The number of ether oxygens (including phenoxy) is 1. The van der Waals surface area contributed by atoms with Crippen LogP contribution in [0, 0.1) is 0 Å². The SMILES string of the molecule is C=C(C)COCCNC(=O)Cn1[nH]c(=O)ccc1=O. The molecule has 1 aromatic heterocycles. The molecule has 0 aliphatic heterocycles. The second-order valence-corrected chi connectivity index (χ2v) is 4.09. The normalized spacial score (nSPS) is 10.2. The average molecular weight is 267 g/mol. The molecule has 0 saturated carbocycles. The molecular weight excluding hydrogens is 250 g/mol. The van der Waals surface area contributed by atoms with E-state index in [0.717, 1.165) is 22.4 Å². The molecular formula is C12H17N3O4. The summed E-state index contributed by atoms with van der Waals surface area (Å²) in [6.45, 7) is 6.43. The summed E-state index contributed by atoms with van der Waals surface area (Å²) in [6.07, 6.45) is 0. The van der Waals surface area contributed by atoms with E-state index in [1.54, 1.807) is 0 Å². The highest BCUT2D eigenvalue weighted by Gasteiger charge is 2.04. The van der Waals surface area contributed by atoms with Crippen molar-refractivity contribution >= 4 is 5.91 Å². The Morgan fingerprint density at radius 2 is 2.21 bits per heavy atom. The lowest BCUT2D eigenvalue weighted by Gasteiger charge is -2.07. The summed E-state index contributed by atoms with van der Waals surface area (Å²) in [5.41, 5.74) is 0.0326. The second kappa shape index (κ2) is 7.32. The third-order valence-electron chi connectivity index (χ3n) is 2.11. The molecule has 0 unspecified atom stereocenters. The summed E-state index contributed by atoms with van der Waals surface area (Å²) in [4.78, 5) is 33.9. The van der Waals surface area contributed by atoms with Crippen molar-refractivity contribution in [3.8, 4) is 0 Å². The lowest BCUT2D eigenvalue weighted by atomic mass is 10.4. The minimum absolute atomic E-state index is 0.227. The number of aromatic nitrogens is 2. The quantitative estimate of drug-likeness (QED) is 0.502. The Morgan fingerprint density at radius 1 is 1.47 bits per heavy atom. The molecule has 2 N–H and O–H groups in total. The summed E-state index contributed by atoms with van der Waals surface area (Å²) in [7, 11) is 0. The first-order chi connectivity index (χ1) is 8.99. The molecule has 7 heteroatoms. The minimum Gasteiger partial charge on any atom is -0.375 e. The highest BCUT2D eigenvalue weighted by Crippen LogP contribution is 1.86. The van der Waals surface area contributed by atoms with Gasteiger partial charge < -0.3 is 10.1 Å². The smallest absolute Gasteiger partial charge is 0.265 e. The van der Waals surface area contributed by atoms with E-state index in [2.05, 4.69) is 17.0 Å². The first kappa shape index (κ1) is 14.9. The molecule has 19 heavy (non-hydrogen) atoms. The minimum atomic E-state index is -0.437. The standard InChI is InChI=1S/C12H17N3O4/c1-9(2)8-19-6-5-13-11(17)7-15-12(18)4-3-10(16)14-15/h3-4H,1,5-8H2,2H3,(H,13,17)(H,14,16). The molecule has 1 aromatic rings. The van der Waals surface area contributed by atoms with Crippen LogP contribution in [0.3, 0.4) is 0 Å².